The number of aromatic nitrogens is 1. The van der Waals surface area contributed by atoms with E-state index in [0.717, 1.165) is 30.5 Å². The van der Waals surface area contributed by atoms with Crippen LogP contribution in [0.2, 0.25) is 0 Å². The van der Waals surface area contributed by atoms with E-state index in [2.05, 4.69) is 19.5 Å². The van der Waals surface area contributed by atoms with Gasteiger partial charge in [-0.05, 0) is 19.4 Å². The van der Waals surface area contributed by atoms with Gasteiger partial charge in [0, 0.05) is 31.1 Å². The van der Waals surface area contributed by atoms with E-state index >= 15 is 0 Å². The molecule has 0 aliphatic carbocycles. The van der Waals surface area contributed by atoms with Gasteiger partial charge in [-0.3, -0.25) is 9.69 Å². The Labute approximate surface area is 123 Å². The molecule has 2 aliphatic rings. The highest BCUT2D eigenvalue weighted by molar-refractivity contribution is 7.13. The van der Waals surface area contributed by atoms with E-state index in [1.165, 1.54) is 32.9 Å². The van der Waals surface area contributed by atoms with Crippen molar-refractivity contribution >= 4 is 22.4 Å². The van der Waals surface area contributed by atoms with E-state index in [1.807, 2.05) is 5.38 Å². The van der Waals surface area contributed by atoms with Crippen molar-refractivity contribution in [2.75, 3.05) is 38.2 Å². The molecule has 3 rings (SSSR count). The molecule has 1 unspecified atom stereocenters. The number of nitrogens with zero attached hydrogens (tertiary/aromatic N) is 3. The predicted octanol–water partition coefficient (Wildman–Crippen LogP) is 1.53. The molecule has 20 heavy (non-hydrogen) atoms. The third-order valence-electron chi connectivity index (χ3n) is 4.20. The van der Waals surface area contributed by atoms with Gasteiger partial charge in [0.2, 0.25) is 0 Å². The Bertz CT molecular complexity index is 477. The minimum atomic E-state index is -0.223. The van der Waals surface area contributed by atoms with Crippen LogP contribution in [0.25, 0.3) is 0 Å². The highest BCUT2D eigenvalue weighted by Gasteiger charge is 2.29. The molecular formula is C14H21N3O2S. The van der Waals surface area contributed by atoms with Crippen molar-refractivity contribution < 1.29 is 9.53 Å². The average Bonchev–Trinajstić information content (AvgIpc) is 2.95. The van der Waals surface area contributed by atoms with Crippen LogP contribution in [-0.2, 0) is 16.0 Å². The molecule has 3 heterocycles. The van der Waals surface area contributed by atoms with Gasteiger partial charge in [-0.25, -0.2) is 4.98 Å². The SMILES string of the molecule is COC(=O)Cc1csc(N2CCN3CCCCC3C2)n1. The summed E-state index contributed by atoms with van der Waals surface area (Å²) in [5.74, 6) is -0.223. The molecule has 6 heteroatoms. The summed E-state index contributed by atoms with van der Waals surface area (Å²) >= 11 is 1.64. The number of methoxy groups -OCH3 is 1. The van der Waals surface area contributed by atoms with E-state index in [-0.39, 0.29) is 12.4 Å². The summed E-state index contributed by atoms with van der Waals surface area (Å²) in [5, 5.41) is 3.02. The van der Waals surface area contributed by atoms with E-state index in [1.54, 1.807) is 11.3 Å². The maximum Gasteiger partial charge on any atom is 0.311 e. The molecule has 0 spiro atoms. The standard InChI is InChI=1S/C14H21N3O2S/c1-19-13(18)8-11-10-20-14(15-11)17-7-6-16-5-3-2-4-12(16)9-17/h10,12H,2-9H2,1H3. The summed E-state index contributed by atoms with van der Waals surface area (Å²) in [6, 6.07) is 0.686. The summed E-state index contributed by atoms with van der Waals surface area (Å²) in [7, 11) is 1.41. The zero-order chi connectivity index (χ0) is 13.9. The third-order valence-corrected chi connectivity index (χ3v) is 5.15. The number of piperazine rings is 1. The fraction of sp³-hybridized carbons (Fsp3) is 0.714. The zero-order valence-electron chi connectivity index (χ0n) is 11.9. The lowest BCUT2D eigenvalue weighted by atomic mass is 10.00. The Morgan fingerprint density at radius 1 is 1.45 bits per heavy atom. The number of thiazole rings is 1. The lowest BCUT2D eigenvalue weighted by Crippen LogP contribution is -2.54. The molecule has 0 amide bonds. The van der Waals surface area contributed by atoms with Crippen LogP contribution in [0.4, 0.5) is 5.13 Å². The number of esters is 1. The number of hydrogen-bond donors (Lipinski definition) is 0. The molecule has 0 bridgehead atoms. The quantitative estimate of drug-likeness (QED) is 0.792. The van der Waals surface area contributed by atoms with Crippen LogP contribution in [0, 0.1) is 0 Å². The van der Waals surface area contributed by atoms with Gasteiger partial charge in [-0.15, -0.1) is 11.3 Å². The van der Waals surface area contributed by atoms with Gasteiger partial charge in [0.15, 0.2) is 5.13 Å². The van der Waals surface area contributed by atoms with E-state index in [0.29, 0.717) is 6.04 Å². The van der Waals surface area contributed by atoms with E-state index in [4.69, 9.17) is 0 Å². The van der Waals surface area contributed by atoms with Gasteiger partial charge in [0.1, 0.15) is 0 Å². The normalized spacial score (nSPS) is 23.4. The highest BCUT2D eigenvalue weighted by atomic mass is 32.1. The van der Waals surface area contributed by atoms with Crippen LogP contribution in [0.5, 0.6) is 0 Å². The van der Waals surface area contributed by atoms with Crippen molar-refractivity contribution in [1.82, 2.24) is 9.88 Å². The van der Waals surface area contributed by atoms with Crippen LogP contribution < -0.4 is 4.90 Å². The fourth-order valence-electron chi connectivity index (χ4n) is 3.07. The fourth-order valence-corrected chi connectivity index (χ4v) is 3.93. The van der Waals surface area contributed by atoms with Gasteiger partial charge in [0.05, 0.1) is 19.2 Å². The van der Waals surface area contributed by atoms with Gasteiger partial charge >= 0.3 is 5.97 Å². The Hall–Kier alpha value is -1.14. The summed E-state index contributed by atoms with van der Waals surface area (Å²) in [6.07, 6.45) is 4.27. The molecule has 2 saturated heterocycles. The zero-order valence-corrected chi connectivity index (χ0v) is 12.7. The number of anilines is 1. The van der Waals surface area contributed by atoms with Crippen LogP contribution in [-0.4, -0.2) is 55.2 Å². The average molecular weight is 295 g/mol. The topological polar surface area (TPSA) is 45.7 Å². The number of carbonyl (C=O) groups is 1. The largest absolute Gasteiger partial charge is 0.469 e. The number of ether oxygens (including phenoxy) is 1. The molecule has 0 aromatic carbocycles. The van der Waals surface area contributed by atoms with Gasteiger partial charge in [-0.1, -0.05) is 6.42 Å². The van der Waals surface area contributed by atoms with Gasteiger partial charge < -0.3 is 9.64 Å². The van der Waals surface area contributed by atoms with E-state index < -0.39 is 0 Å². The first-order valence-corrected chi connectivity index (χ1v) is 8.14. The molecular weight excluding hydrogens is 274 g/mol. The molecule has 1 aromatic rings. The van der Waals surface area contributed by atoms with Gasteiger partial charge in [0.25, 0.3) is 0 Å². The molecule has 0 saturated carbocycles. The van der Waals surface area contributed by atoms with Crippen molar-refractivity contribution in [3.8, 4) is 0 Å². The van der Waals surface area contributed by atoms with Crippen LogP contribution in [0.15, 0.2) is 5.38 Å². The predicted molar refractivity (Wildman–Crippen MR) is 79.3 cm³/mol. The highest BCUT2D eigenvalue weighted by Crippen LogP contribution is 2.27. The van der Waals surface area contributed by atoms with Gasteiger partial charge in [-0.2, -0.15) is 0 Å². The van der Waals surface area contributed by atoms with Crippen LogP contribution in [0.1, 0.15) is 25.0 Å². The molecule has 5 nitrogen and oxygen atoms in total. The monoisotopic (exact) mass is 295 g/mol. The van der Waals surface area contributed by atoms with Crippen molar-refractivity contribution in [3.05, 3.63) is 11.1 Å². The second-order valence-corrected chi connectivity index (χ2v) is 6.34. The lowest BCUT2D eigenvalue weighted by molar-refractivity contribution is -0.139. The molecule has 110 valence electrons. The number of rotatable bonds is 3. The first kappa shape index (κ1) is 13.8. The minimum absolute atomic E-state index is 0.223. The molecule has 1 atom stereocenters. The van der Waals surface area contributed by atoms with Crippen LogP contribution in [0.3, 0.4) is 0 Å². The van der Waals surface area contributed by atoms with Crippen LogP contribution >= 0.6 is 11.3 Å². The lowest BCUT2D eigenvalue weighted by Gasteiger charge is -2.44. The first-order chi connectivity index (χ1) is 9.76. The maximum atomic E-state index is 11.3. The number of hydrogen-bond acceptors (Lipinski definition) is 6. The summed E-state index contributed by atoms with van der Waals surface area (Å²) < 4.78 is 4.68. The number of fused-ring (bicyclic) bond motifs is 1. The van der Waals surface area contributed by atoms with Crippen molar-refractivity contribution in [2.45, 2.75) is 31.7 Å². The Balaban J connectivity index is 1.63. The molecule has 2 aliphatic heterocycles. The summed E-state index contributed by atoms with van der Waals surface area (Å²) in [5.41, 5.74) is 0.822. The van der Waals surface area contributed by atoms with E-state index in [9.17, 15) is 4.79 Å². The Kier molecular flexibility index (Phi) is 4.21. The maximum absolute atomic E-state index is 11.3. The summed E-state index contributed by atoms with van der Waals surface area (Å²) in [4.78, 5) is 20.8. The smallest absolute Gasteiger partial charge is 0.311 e. The Morgan fingerprint density at radius 3 is 3.20 bits per heavy atom. The second-order valence-electron chi connectivity index (χ2n) is 5.51. The van der Waals surface area contributed by atoms with Crippen molar-refractivity contribution in [3.63, 3.8) is 0 Å². The minimum Gasteiger partial charge on any atom is -0.469 e. The molecule has 1 aromatic heterocycles. The summed E-state index contributed by atoms with van der Waals surface area (Å²) in [6.45, 7) is 4.51. The third kappa shape index (κ3) is 2.96. The van der Waals surface area contributed by atoms with Crippen molar-refractivity contribution in [1.29, 1.82) is 0 Å². The second kappa shape index (κ2) is 6.10. The molecule has 0 radical (unpaired) electrons. The number of piperidine rings is 1. The molecule has 2 fully saturated rings. The number of carbonyl (C=O) groups excluding carboxylic acids is 1. The van der Waals surface area contributed by atoms with Crippen molar-refractivity contribution in [2.24, 2.45) is 0 Å². The molecule has 0 N–H and O–H groups in total. The Morgan fingerprint density at radius 2 is 2.35 bits per heavy atom. The first-order valence-electron chi connectivity index (χ1n) is 7.26.